The number of aromatic nitrogens is 2. The van der Waals surface area contributed by atoms with E-state index in [1.807, 2.05) is 18.7 Å². The summed E-state index contributed by atoms with van der Waals surface area (Å²) in [5.74, 6) is -0.165. The molecule has 1 amide bonds. The molecule has 5 atom stereocenters. The molecule has 0 spiro atoms. The number of likely N-dealkylation sites (tertiary alicyclic amines) is 1. The Bertz CT molecular complexity index is 1750. The molecule has 0 radical (unpaired) electrons. The highest BCUT2D eigenvalue weighted by Crippen LogP contribution is 2.49. The lowest BCUT2D eigenvalue weighted by Gasteiger charge is -2.44. The van der Waals surface area contributed by atoms with Gasteiger partial charge in [0, 0.05) is 71.9 Å². The van der Waals surface area contributed by atoms with Gasteiger partial charge in [-0.15, -0.1) is 11.8 Å². The summed E-state index contributed by atoms with van der Waals surface area (Å²) in [4.78, 5) is 37.1. The van der Waals surface area contributed by atoms with Gasteiger partial charge < -0.3 is 14.5 Å². The van der Waals surface area contributed by atoms with Crippen molar-refractivity contribution in [1.82, 2.24) is 19.4 Å². The van der Waals surface area contributed by atoms with E-state index in [4.69, 9.17) is 4.74 Å². The molecule has 3 saturated heterocycles. The van der Waals surface area contributed by atoms with Crippen LogP contribution in [0.25, 0.3) is 22.0 Å². The maximum Gasteiger partial charge on any atom is 0.417 e. The van der Waals surface area contributed by atoms with Crippen LogP contribution in [0.3, 0.4) is 0 Å². The van der Waals surface area contributed by atoms with Gasteiger partial charge in [0.2, 0.25) is 5.91 Å². The summed E-state index contributed by atoms with van der Waals surface area (Å²) in [6, 6.07) is 5.53. The van der Waals surface area contributed by atoms with Crippen molar-refractivity contribution in [2.45, 2.75) is 68.2 Å². The van der Waals surface area contributed by atoms with Crippen LogP contribution < -0.4 is 10.6 Å². The number of alkyl halides is 3. The van der Waals surface area contributed by atoms with E-state index >= 15 is 13.2 Å². The fraction of sp³-hybridized carbons (Fsp3) is 0.469. The molecule has 45 heavy (non-hydrogen) atoms. The highest BCUT2D eigenvalue weighted by Gasteiger charge is 2.44. The molecule has 13 heteroatoms. The molecule has 4 aliphatic heterocycles. The number of ether oxygens (including phenoxy) is 1. The topological polar surface area (TPSA) is 70.9 Å². The number of nitrogens with zero attached hydrogens (tertiary/aromatic N) is 5. The van der Waals surface area contributed by atoms with Gasteiger partial charge in [0.15, 0.2) is 0 Å². The van der Waals surface area contributed by atoms with Gasteiger partial charge >= 0.3 is 11.9 Å². The zero-order valence-electron chi connectivity index (χ0n) is 24.9. The van der Waals surface area contributed by atoms with Gasteiger partial charge in [-0.3, -0.25) is 14.3 Å². The number of carbonyl (C=O) groups excluding carboxylic acids is 1. The van der Waals surface area contributed by atoms with E-state index < -0.39 is 23.2 Å². The van der Waals surface area contributed by atoms with E-state index in [0.29, 0.717) is 35.9 Å². The summed E-state index contributed by atoms with van der Waals surface area (Å²) >= 11 is 1.31. The average molecular weight is 644 g/mol. The molecule has 0 N–H and O–H groups in total. The molecule has 3 aromatic rings. The molecule has 1 aromatic heterocycles. The highest BCUT2D eigenvalue weighted by molar-refractivity contribution is 7.99. The second kappa shape index (κ2) is 11.1. The van der Waals surface area contributed by atoms with Gasteiger partial charge in [0.1, 0.15) is 11.6 Å². The van der Waals surface area contributed by atoms with Crippen LogP contribution in [0.2, 0.25) is 0 Å². The van der Waals surface area contributed by atoms with Gasteiger partial charge in [0.05, 0.1) is 23.8 Å². The number of thioether (sulfide) groups is 1. The lowest BCUT2D eigenvalue weighted by Crippen LogP contribution is -2.58. The first-order valence-corrected chi connectivity index (χ1v) is 16.1. The van der Waals surface area contributed by atoms with Gasteiger partial charge in [-0.25, -0.2) is 9.18 Å². The number of carbonyl (C=O) groups is 1. The summed E-state index contributed by atoms with van der Waals surface area (Å²) in [5, 5.41) is 0.227. The Morgan fingerprint density at radius 1 is 1.09 bits per heavy atom. The van der Waals surface area contributed by atoms with E-state index in [1.54, 1.807) is 4.90 Å². The predicted molar refractivity (Wildman–Crippen MR) is 164 cm³/mol. The second-order valence-corrected chi connectivity index (χ2v) is 13.4. The Balaban J connectivity index is 1.45. The number of hydrogen-bond acceptors (Lipinski definition) is 7. The summed E-state index contributed by atoms with van der Waals surface area (Å²) in [5.41, 5.74) is -0.863. The molecule has 0 aliphatic carbocycles. The molecule has 238 valence electrons. The second-order valence-electron chi connectivity index (χ2n) is 12.4. The van der Waals surface area contributed by atoms with E-state index in [0.717, 1.165) is 24.6 Å². The molecule has 2 bridgehead atoms. The molecular weight excluding hydrogens is 610 g/mol. The van der Waals surface area contributed by atoms with Crippen molar-refractivity contribution in [1.29, 1.82) is 0 Å². The number of anilines is 1. The van der Waals surface area contributed by atoms with E-state index in [2.05, 4.69) is 16.5 Å². The normalized spacial score (nSPS) is 26.8. The van der Waals surface area contributed by atoms with Crippen molar-refractivity contribution in [3.8, 4) is 11.1 Å². The maximum atomic E-state index is 15.0. The standard InChI is InChI=1S/C32H33F4N5O3S/c1-4-26(42)38-11-18(3)39(12-17(38)2)30-24-10-25(32(34,35)36)27(19-5-7-20(33)8-6-19)29-28(24)41(31(43)37-30)13-22(16-45-29)40-14-23-9-21(40)15-44-23/h4-8,10,17-18,21-23H,1,9,11-16H2,2-3H3/t17-,18+,21+,22?,23+/m1/s1. The number of morpholine rings is 1. The quantitative estimate of drug-likeness (QED) is 0.300. The molecule has 3 fully saturated rings. The monoisotopic (exact) mass is 643 g/mol. The van der Waals surface area contributed by atoms with Gasteiger partial charge in [-0.2, -0.15) is 18.2 Å². The molecule has 0 saturated carbocycles. The Kier molecular flexibility index (Phi) is 7.48. The van der Waals surface area contributed by atoms with E-state index in [9.17, 15) is 14.0 Å². The van der Waals surface area contributed by atoms with Crippen LogP contribution in [0.1, 0.15) is 25.8 Å². The Morgan fingerprint density at radius 3 is 2.49 bits per heavy atom. The molecule has 4 aliphatic rings. The Hall–Kier alpha value is -3.42. The first-order valence-electron chi connectivity index (χ1n) is 15.1. The number of amides is 1. The number of fused-ring (bicyclic) bond motifs is 2. The Morgan fingerprint density at radius 2 is 1.84 bits per heavy atom. The SMILES string of the molecule is C=CC(=O)N1C[C@H](C)N(c2nc(=O)n3c4c(c(-c5ccc(F)cc5)c(C(F)(F)F)cc24)SCC(N2C[C@@H]4C[C@H]2CO4)C3)C[C@H]1C. The Labute approximate surface area is 261 Å². The number of benzene rings is 2. The predicted octanol–water partition coefficient (Wildman–Crippen LogP) is 4.78. The zero-order chi connectivity index (χ0) is 31.8. The minimum Gasteiger partial charge on any atom is -0.375 e. The largest absolute Gasteiger partial charge is 0.417 e. The number of halogens is 4. The smallest absolute Gasteiger partial charge is 0.375 e. The molecule has 8 nitrogen and oxygen atoms in total. The average Bonchev–Trinajstić information content (AvgIpc) is 3.58. The third-order valence-electron chi connectivity index (χ3n) is 9.58. The van der Waals surface area contributed by atoms with Crippen molar-refractivity contribution in [3.63, 3.8) is 0 Å². The molecular formula is C32H33F4N5O3S. The summed E-state index contributed by atoms with van der Waals surface area (Å²) in [6.45, 7) is 9.44. The van der Waals surface area contributed by atoms with Gasteiger partial charge in [0.25, 0.3) is 0 Å². The van der Waals surface area contributed by atoms with Crippen molar-refractivity contribution in [2.75, 3.05) is 36.9 Å². The molecule has 2 aromatic carbocycles. The minimum atomic E-state index is -4.75. The van der Waals surface area contributed by atoms with E-state index in [-0.39, 0.29) is 71.6 Å². The van der Waals surface area contributed by atoms with Crippen LogP contribution in [0, 0.1) is 5.82 Å². The fourth-order valence-corrected chi connectivity index (χ4v) is 8.80. The van der Waals surface area contributed by atoms with Crippen LogP contribution in [0.15, 0.2) is 52.7 Å². The van der Waals surface area contributed by atoms with Crippen LogP contribution in [0.4, 0.5) is 23.4 Å². The molecule has 7 rings (SSSR count). The highest BCUT2D eigenvalue weighted by atomic mass is 32.2. The van der Waals surface area contributed by atoms with Crippen LogP contribution in [-0.4, -0.2) is 87.5 Å². The van der Waals surface area contributed by atoms with Crippen LogP contribution >= 0.6 is 11.8 Å². The lowest BCUT2D eigenvalue weighted by atomic mass is 9.96. The van der Waals surface area contributed by atoms with Crippen molar-refractivity contribution < 1.29 is 27.1 Å². The number of piperazine rings is 1. The summed E-state index contributed by atoms with van der Waals surface area (Å²) in [6.07, 6.45) is -2.50. The third-order valence-corrected chi connectivity index (χ3v) is 10.8. The molecule has 1 unspecified atom stereocenters. The van der Waals surface area contributed by atoms with Crippen molar-refractivity contribution in [3.05, 3.63) is 64.9 Å². The minimum absolute atomic E-state index is 0.0694. The van der Waals surface area contributed by atoms with Crippen molar-refractivity contribution in [2.24, 2.45) is 0 Å². The number of rotatable bonds is 4. The zero-order valence-corrected chi connectivity index (χ0v) is 25.7. The first-order chi connectivity index (χ1) is 21.4. The molecule has 5 heterocycles. The van der Waals surface area contributed by atoms with Gasteiger partial charge in [-0.1, -0.05) is 18.7 Å². The van der Waals surface area contributed by atoms with Gasteiger partial charge in [-0.05, 0) is 50.1 Å². The summed E-state index contributed by atoms with van der Waals surface area (Å²) in [7, 11) is 0. The van der Waals surface area contributed by atoms with E-state index in [1.165, 1.54) is 34.5 Å². The summed E-state index contributed by atoms with van der Waals surface area (Å²) < 4.78 is 66.3. The number of hydrogen-bond donors (Lipinski definition) is 0. The third kappa shape index (κ3) is 5.12. The lowest BCUT2D eigenvalue weighted by molar-refractivity contribution is -0.137. The fourth-order valence-electron chi connectivity index (χ4n) is 7.41. The van der Waals surface area contributed by atoms with Crippen LogP contribution in [0.5, 0.6) is 0 Å². The first kappa shape index (κ1) is 30.2. The van der Waals surface area contributed by atoms with Crippen molar-refractivity contribution >= 4 is 34.4 Å². The maximum absolute atomic E-state index is 15.0. The van der Waals surface area contributed by atoms with Crippen LogP contribution in [-0.2, 0) is 22.3 Å².